The third-order valence-electron chi connectivity index (χ3n) is 4.09. The molecule has 1 N–H and O–H groups in total. The highest BCUT2D eigenvalue weighted by Crippen LogP contribution is 2.32. The second kappa shape index (κ2) is 7.90. The second-order valence-electron chi connectivity index (χ2n) is 6.24. The van der Waals surface area contributed by atoms with Gasteiger partial charge in [0.2, 0.25) is 0 Å². The molecule has 0 bridgehead atoms. The van der Waals surface area contributed by atoms with E-state index in [0.717, 1.165) is 25.6 Å². The summed E-state index contributed by atoms with van der Waals surface area (Å²) in [4.78, 5) is 1.31. The molecule has 0 unspecified atom stereocenters. The number of halogens is 4. The number of benzene rings is 2. The highest BCUT2D eigenvalue weighted by Gasteiger charge is 2.24. The monoisotopic (exact) mass is 480 g/mol. The fourth-order valence-corrected chi connectivity index (χ4v) is 4.35. The number of rotatable bonds is 5. The molecule has 0 aliphatic carbocycles. The van der Waals surface area contributed by atoms with Crippen molar-refractivity contribution in [1.82, 2.24) is 4.90 Å². The topological polar surface area (TPSA) is 58.6 Å². The molecule has 1 aliphatic rings. The fraction of sp³-hybridized carbons (Fsp3) is 0.294. The zero-order chi connectivity index (χ0) is 19.8. The molecule has 0 aromatic heterocycles. The first-order valence-corrected chi connectivity index (χ1v) is 10.6. The lowest BCUT2D eigenvalue weighted by Gasteiger charge is -2.16. The molecular weight excluding hydrogens is 466 g/mol. The van der Waals surface area contributed by atoms with Gasteiger partial charge in [0, 0.05) is 19.2 Å². The summed E-state index contributed by atoms with van der Waals surface area (Å²) in [6.07, 6.45) is 0.768. The Bertz CT molecular complexity index is 975. The van der Waals surface area contributed by atoms with Crippen LogP contribution in [0.3, 0.4) is 0 Å². The quantitative estimate of drug-likeness (QED) is 0.648. The predicted octanol–water partition coefficient (Wildman–Crippen LogP) is 4.26. The van der Waals surface area contributed by atoms with E-state index in [4.69, 9.17) is 16.3 Å². The zero-order valence-electron chi connectivity index (χ0n) is 14.2. The Labute approximate surface area is 169 Å². The number of sulfonamides is 1. The lowest BCUT2D eigenvalue weighted by molar-refractivity contribution is 0.208. The normalized spacial score (nSPS) is 17.9. The van der Waals surface area contributed by atoms with Gasteiger partial charge in [0.1, 0.15) is 28.4 Å². The van der Waals surface area contributed by atoms with Crippen molar-refractivity contribution in [3.63, 3.8) is 0 Å². The van der Waals surface area contributed by atoms with Gasteiger partial charge in [-0.2, -0.15) is 0 Å². The largest absolute Gasteiger partial charge is 0.487 e. The minimum absolute atomic E-state index is 0.0580. The fourth-order valence-electron chi connectivity index (χ4n) is 2.75. The molecule has 3 rings (SSSR count). The van der Waals surface area contributed by atoms with Crippen LogP contribution < -0.4 is 9.46 Å². The van der Waals surface area contributed by atoms with E-state index in [2.05, 4.69) is 25.6 Å². The molecule has 1 heterocycles. The smallest absolute Gasteiger partial charge is 0.264 e. The van der Waals surface area contributed by atoms with Crippen LogP contribution in [0.15, 0.2) is 39.7 Å². The number of nitrogens with zero attached hydrogens (tertiary/aromatic N) is 1. The van der Waals surface area contributed by atoms with Gasteiger partial charge in [0.05, 0.1) is 15.2 Å². The Morgan fingerprint density at radius 3 is 2.67 bits per heavy atom. The number of likely N-dealkylation sites (N-methyl/N-ethyl adjacent to an activating group) is 1. The van der Waals surface area contributed by atoms with Gasteiger partial charge in [-0.3, -0.25) is 4.72 Å². The lowest BCUT2D eigenvalue weighted by Crippen LogP contribution is -2.21. The molecule has 10 heteroatoms. The van der Waals surface area contributed by atoms with Crippen LogP contribution in [0.1, 0.15) is 6.42 Å². The minimum atomic E-state index is -4.34. The van der Waals surface area contributed by atoms with Crippen molar-refractivity contribution in [3.05, 3.63) is 51.5 Å². The molecule has 5 nitrogen and oxygen atoms in total. The Kier molecular flexibility index (Phi) is 5.95. The molecule has 2 aromatic carbocycles. The maximum atomic E-state index is 14.0. The standard InChI is InChI=1S/C17H16BrClF2N2O3S/c1-23-5-4-11(9-23)26-16-6-10(2-3-13(16)19)22-27(24,25)17-8-14(20)12(18)7-15(17)21/h2-3,6-8,11,22H,4-5,9H2,1H3/t11-/m0/s1. The summed E-state index contributed by atoms with van der Waals surface area (Å²) in [5.74, 6) is -1.64. The molecule has 2 aromatic rings. The summed E-state index contributed by atoms with van der Waals surface area (Å²) in [5.41, 5.74) is 0.128. The zero-order valence-corrected chi connectivity index (χ0v) is 17.3. The second-order valence-corrected chi connectivity index (χ2v) is 9.15. The van der Waals surface area contributed by atoms with Gasteiger partial charge in [-0.1, -0.05) is 11.6 Å². The van der Waals surface area contributed by atoms with E-state index < -0.39 is 26.6 Å². The third-order valence-corrected chi connectivity index (χ3v) is 6.41. The van der Waals surface area contributed by atoms with Crippen LogP contribution in [0.2, 0.25) is 5.02 Å². The van der Waals surface area contributed by atoms with Crippen LogP contribution in [-0.2, 0) is 10.0 Å². The minimum Gasteiger partial charge on any atom is -0.487 e. The third kappa shape index (κ3) is 4.71. The average molecular weight is 482 g/mol. The molecule has 0 spiro atoms. The van der Waals surface area contributed by atoms with Crippen molar-refractivity contribution < 1.29 is 21.9 Å². The molecule has 1 fully saturated rings. The lowest BCUT2D eigenvalue weighted by atomic mass is 10.3. The van der Waals surface area contributed by atoms with Crippen LogP contribution in [0, 0.1) is 11.6 Å². The summed E-state index contributed by atoms with van der Waals surface area (Å²) in [5, 5.41) is 0.327. The van der Waals surface area contributed by atoms with E-state index in [1.165, 1.54) is 18.2 Å². The van der Waals surface area contributed by atoms with E-state index in [-0.39, 0.29) is 16.3 Å². The van der Waals surface area contributed by atoms with Crippen molar-refractivity contribution in [3.8, 4) is 5.75 Å². The molecule has 0 saturated carbocycles. The van der Waals surface area contributed by atoms with Gasteiger partial charge in [-0.15, -0.1) is 0 Å². The summed E-state index contributed by atoms with van der Waals surface area (Å²) in [6, 6.07) is 5.69. The number of hydrogen-bond acceptors (Lipinski definition) is 4. The first-order valence-electron chi connectivity index (χ1n) is 7.98. The van der Waals surface area contributed by atoms with Crippen molar-refractivity contribution in [1.29, 1.82) is 0 Å². The maximum Gasteiger partial charge on any atom is 0.264 e. The Balaban J connectivity index is 1.85. The van der Waals surface area contributed by atoms with Crippen LogP contribution in [0.25, 0.3) is 0 Å². The van der Waals surface area contributed by atoms with Crippen molar-refractivity contribution >= 4 is 43.2 Å². The predicted molar refractivity (Wildman–Crippen MR) is 103 cm³/mol. The van der Waals surface area contributed by atoms with Gasteiger partial charge in [-0.05, 0) is 53.7 Å². The van der Waals surface area contributed by atoms with Crippen molar-refractivity contribution in [2.24, 2.45) is 0 Å². The number of anilines is 1. The Morgan fingerprint density at radius 1 is 1.26 bits per heavy atom. The van der Waals surface area contributed by atoms with Crippen molar-refractivity contribution in [2.45, 2.75) is 17.4 Å². The first-order chi connectivity index (χ1) is 12.7. The van der Waals surface area contributed by atoms with Crippen LogP contribution in [0.5, 0.6) is 5.75 Å². The van der Waals surface area contributed by atoms with Crippen LogP contribution in [0.4, 0.5) is 14.5 Å². The van der Waals surface area contributed by atoms with Crippen LogP contribution in [-0.4, -0.2) is 39.6 Å². The number of nitrogens with one attached hydrogen (secondary N) is 1. The van der Waals surface area contributed by atoms with E-state index in [0.29, 0.717) is 16.8 Å². The summed E-state index contributed by atoms with van der Waals surface area (Å²) >= 11 is 8.94. The first kappa shape index (κ1) is 20.3. The highest BCUT2D eigenvalue weighted by molar-refractivity contribution is 9.10. The summed E-state index contributed by atoms with van der Waals surface area (Å²) in [6.45, 7) is 1.62. The van der Waals surface area contributed by atoms with Gasteiger partial charge in [-0.25, -0.2) is 17.2 Å². The number of hydrogen-bond donors (Lipinski definition) is 1. The summed E-state index contributed by atoms with van der Waals surface area (Å²) < 4.78 is 60.5. The Morgan fingerprint density at radius 2 is 2.00 bits per heavy atom. The van der Waals surface area contributed by atoms with Gasteiger partial charge in [0.15, 0.2) is 0 Å². The highest BCUT2D eigenvalue weighted by atomic mass is 79.9. The molecule has 27 heavy (non-hydrogen) atoms. The van der Waals surface area contributed by atoms with Gasteiger partial charge in [0.25, 0.3) is 10.0 Å². The van der Waals surface area contributed by atoms with Crippen LogP contribution >= 0.6 is 27.5 Å². The molecule has 1 atom stereocenters. The molecular formula is C17H16BrClF2N2O3S. The number of ether oxygens (including phenoxy) is 1. The Hall–Kier alpha value is -1.42. The van der Waals surface area contributed by atoms with Gasteiger partial charge >= 0.3 is 0 Å². The SMILES string of the molecule is CN1CC[C@H](Oc2cc(NS(=O)(=O)c3cc(F)c(Br)cc3F)ccc2Cl)C1. The molecule has 146 valence electrons. The average Bonchev–Trinajstić information content (AvgIpc) is 2.98. The van der Waals surface area contributed by atoms with E-state index >= 15 is 0 Å². The molecule has 1 saturated heterocycles. The summed E-state index contributed by atoms with van der Waals surface area (Å²) in [7, 11) is -2.37. The van der Waals surface area contributed by atoms with Gasteiger partial charge < -0.3 is 9.64 Å². The molecule has 0 radical (unpaired) electrons. The van der Waals surface area contributed by atoms with E-state index in [1.807, 2.05) is 7.05 Å². The molecule has 1 aliphatic heterocycles. The van der Waals surface area contributed by atoms with Crippen molar-refractivity contribution in [2.75, 3.05) is 24.9 Å². The maximum absolute atomic E-state index is 14.0. The molecule has 0 amide bonds. The van der Waals surface area contributed by atoms with E-state index in [1.54, 1.807) is 0 Å². The van der Waals surface area contributed by atoms with E-state index in [9.17, 15) is 17.2 Å². The number of likely N-dealkylation sites (tertiary alicyclic amines) is 1.